The largest absolute Gasteiger partial charge is 0.332 e. The van der Waals surface area contributed by atoms with Gasteiger partial charge in [0.15, 0.2) is 0 Å². The Kier molecular flexibility index (Phi) is 1.46. The van der Waals surface area contributed by atoms with Crippen LogP contribution in [0.1, 0.15) is 17.9 Å². The number of hydrogen-bond acceptors (Lipinski definition) is 2. The minimum absolute atomic E-state index is 0.323. The van der Waals surface area contributed by atoms with Crippen LogP contribution in [0.5, 0.6) is 0 Å². The lowest BCUT2D eigenvalue weighted by atomic mass is 10.1. The maximum atomic E-state index is 5.81. The summed E-state index contributed by atoms with van der Waals surface area (Å²) >= 11 is 0. The molecule has 1 atom stereocenters. The molecule has 1 unspecified atom stereocenters. The van der Waals surface area contributed by atoms with E-state index in [1.54, 1.807) is 0 Å². The van der Waals surface area contributed by atoms with Crippen molar-refractivity contribution in [1.29, 1.82) is 0 Å². The van der Waals surface area contributed by atoms with Crippen molar-refractivity contribution in [3.05, 3.63) is 17.7 Å². The van der Waals surface area contributed by atoms with E-state index in [-0.39, 0.29) is 0 Å². The van der Waals surface area contributed by atoms with Crippen LogP contribution in [0, 0.1) is 6.92 Å². The van der Waals surface area contributed by atoms with Gasteiger partial charge in [0.2, 0.25) is 0 Å². The molecule has 3 nitrogen and oxygen atoms in total. The SMILES string of the molecule is Cc1cnc2n1CCC(N)C2. The minimum Gasteiger partial charge on any atom is -0.332 e. The molecular weight excluding hydrogens is 138 g/mol. The molecule has 11 heavy (non-hydrogen) atoms. The molecule has 0 saturated heterocycles. The van der Waals surface area contributed by atoms with Crippen molar-refractivity contribution in [2.75, 3.05) is 0 Å². The van der Waals surface area contributed by atoms with Gasteiger partial charge in [0, 0.05) is 30.9 Å². The van der Waals surface area contributed by atoms with Crippen molar-refractivity contribution in [3.63, 3.8) is 0 Å². The molecule has 60 valence electrons. The highest BCUT2D eigenvalue weighted by Gasteiger charge is 2.16. The molecule has 0 spiro atoms. The number of nitrogens with zero attached hydrogens (tertiary/aromatic N) is 2. The fraction of sp³-hybridized carbons (Fsp3) is 0.625. The van der Waals surface area contributed by atoms with Crippen LogP contribution in [0.2, 0.25) is 0 Å². The van der Waals surface area contributed by atoms with Crippen molar-refractivity contribution < 1.29 is 0 Å². The number of aryl methyl sites for hydroxylation is 1. The van der Waals surface area contributed by atoms with Crippen LogP contribution in [0.3, 0.4) is 0 Å². The lowest BCUT2D eigenvalue weighted by Crippen LogP contribution is -2.31. The molecular formula is C8H13N3. The molecule has 2 rings (SSSR count). The molecule has 0 radical (unpaired) electrons. The van der Waals surface area contributed by atoms with Crippen molar-refractivity contribution >= 4 is 0 Å². The zero-order chi connectivity index (χ0) is 7.84. The van der Waals surface area contributed by atoms with Gasteiger partial charge in [-0.1, -0.05) is 0 Å². The summed E-state index contributed by atoms with van der Waals surface area (Å²) in [6.07, 6.45) is 3.95. The second-order valence-corrected chi connectivity index (χ2v) is 3.22. The van der Waals surface area contributed by atoms with E-state index in [4.69, 9.17) is 5.73 Å². The zero-order valence-electron chi connectivity index (χ0n) is 6.75. The van der Waals surface area contributed by atoms with Crippen molar-refractivity contribution in [1.82, 2.24) is 9.55 Å². The maximum Gasteiger partial charge on any atom is 0.110 e. The highest BCUT2D eigenvalue weighted by Crippen LogP contribution is 2.14. The standard InChI is InChI=1S/C8H13N3/c1-6-5-10-8-4-7(9)2-3-11(6)8/h5,7H,2-4,9H2,1H3. The molecule has 1 aromatic heterocycles. The van der Waals surface area contributed by atoms with Gasteiger partial charge in [-0.15, -0.1) is 0 Å². The van der Waals surface area contributed by atoms with E-state index >= 15 is 0 Å². The first kappa shape index (κ1) is 6.85. The highest BCUT2D eigenvalue weighted by molar-refractivity contribution is 5.07. The lowest BCUT2D eigenvalue weighted by Gasteiger charge is -2.20. The Balaban J connectivity index is 2.36. The van der Waals surface area contributed by atoms with E-state index in [1.165, 1.54) is 5.69 Å². The summed E-state index contributed by atoms with van der Waals surface area (Å²) in [5.41, 5.74) is 7.06. The van der Waals surface area contributed by atoms with Crippen LogP contribution < -0.4 is 5.73 Å². The van der Waals surface area contributed by atoms with Gasteiger partial charge in [0.25, 0.3) is 0 Å². The van der Waals surface area contributed by atoms with Gasteiger partial charge in [-0.05, 0) is 13.3 Å². The average molecular weight is 151 g/mol. The molecule has 0 amide bonds. The second-order valence-electron chi connectivity index (χ2n) is 3.22. The van der Waals surface area contributed by atoms with E-state index in [2.05, 4.69) is 16.5 Å². The van der Waals surface area contributed by atoms with Crippen LogP contribution in [0.15, 0.2) is 6.20 Å². The molecule has 2 N–H and O–H groups in total. The van der Waals surface area contributed by atoms with Crippen LogP contribution in [0.4, 0.5) is 0 Å². The molecule has 2 heterocycles. The first-order valence-electron chi connectivity index (χ1n) is 4.04. The van der Waals surface area contributed by atoms with Gasteiger partial charge in [-0.25, -0.2) is 4.98 Å². The van der Waals surface area contributed by atoms with E-state index in [9.17, 15) is 0 Å². The Bertz CT molecular complexity index is 264. The Morgan fingerprint density at radius 3 is 3.36 bits per heavy atom. The lowest BCUT2D eigenvalue weighted by molar-refractivity contribution is 0.458. The van der Waals surface area contributed by atoms with Gasteiger partial charge >= 0.3 is 0 Å². The molecule has 0 aliphatic carbocycles. The second kappa shape index (κ2) is 2.34. The third-order valence-electron chi connectivity index (χ3n) is 2.31. The predicted molar refractivity (Wildman–Crippen MR) is 43.3 cm³/mol. The Morgan fingerprint density at radius 1 is 1.73 bits per heavy atom. The molecule has 0 fully saturated rings. The number of imidazole rings is 1. The van der Waals surface area contributed by atoms with Crippen molar-refractivity contribution in [3.8, 4) is 0 Å². The highest BCUT2D eigenvalue weighted by atomic mass is 15.1. The number of aromatic nitrogens is 2. The van der Waals surface area contributed by atoms with Crippen molar-refractivity contribution in [2.45, 2.75) is 32.4 Å². The van der Waals surface area contributed by atoms with Crippen molar-refractivity contribution in [2.24, 2.45) is 5.73 Å². The van der Waals surface area contributed by atoms with Gasteiger partial charge < -0.3 is 10.3 Å². The van der Waals surface area contributed by atoms with Gasteiger partial charge in [0.1, 0.15) is 5.82 Å². The van der Waals surface area contributed by atoms with Crippen LogP contribution in [-0.4, -0.2) is 15.6 Å². The Morgan fingerprint density at radius 2 is 2.55 bits per heavy atom. The Hall–Kier alpha value is -0.830. The van der Waals surface area contributed by atoms with Crippen LogP contribution >= 0.6 is 0 Å². The molecule has 1 aliphatic rings. The Labute approximate surface area is 66.2 Å². The average Bonchev–Trinajstić information content (AvgIpc) is 2.32. The molecule has 0 aromatic carbocycles. The minimum atomic E-state index is 0.323. The van der Waals surface area contributed by atoms with Gasteiger partial charge in [0.05, 0.1) is 0 Å². The predicted octanol–water partition coefficient (Wildman–Crippen LogP) is 0.465. The zero-order valence-corrected chi connectivity index (χ0v) is 6.75. The molecule has 0 bridgehead atoms. The fourth-order valence-corrected chi connectivity index (χ4v) is 1.61. The normalized spacial score (nSPS) is 23.3. The number of hydrogen-bond donors (Lipinski definition) is 1. The first-order valence-corrected chi connectivity index (χ1v) is 4.04. The maximum absolute atomic E-state index is 5.81. The first-order chi connectivity index (χ1) is 5.27. The topological polar surface area (TPSA) is 43.8 Å². The summed E-state index contributed by atoms with van der Waals surface area (Å²) < 4.78 is 2.25. The number of fused-ring (bicyclic) bond motifs is 1. The third-order valence-corrected chi connectivity index (χ3v) is 2.31. The summed E-state index contributed by atoms with van der Waals surface area (Å²) in [5.74, 6) is 1.15. The molecule has 1 aromatic rings. The molecule has 0 saturated carbocycles. The summed E-state index contributed by atoms with van der Waals surface area (Å²) in [6.45, 7) is 3.13. The summed E-state index contributed by atoms with van der Waals surface area (Å²) in [5, 5.41) is 0. The summed E-state index contributed by atoms with van der Waals surface area (Å²) in [4.78, 5) is 4.29. The van der Waals surface area contributed by atoms with E-state index < -0.39 is 0 Å². The summed E-state index contributed by atoms with van der Waals surface area (Å²) in [7, 11) is 0. The fourth-order valence-electron chi connectivity index (χ4n) is 1.61. The third kappa shape index (κ3) is 1.05. The summed E-state index contributed by atoms with van der Waals surface area (Å²) in [6, 6.07) is 0.323. The van der Waals surface area contributed by atoms with Crippen LogP contribution in [0.25, 0.3) is 0 Å². The smallest absolute Gasteiger partial charge is 0.110 e. The van der Waals surface area contributed by atoms with E-state index in [1.807, 2.05) is 6.20 Å². The molecule has 3 heteroatoms. The molecule has 1 aliphatic heterocycles. The number of nitrogens with two attached hydrogens (primary N) is 1. The van der Waals surface area contributed by atoms with Gasteiger partial charge in [-0.2, -0.15) is 0 Å². The van der Waals surface area contributed by atoms with Gasteiger partial charge in [-0.3, -0.25) is 0 Å². The van der Waals surface area contributed by atoms with E-state index in [0.717, 1.165) is 25.2 Å². The van der Waals surface area contributed by atoms with E-state index in [0.29, 0.717) is 6.04 Å². The monoisotopic (exact) mass is 151 g/mol. The number of rotatable bonds is 0. The quantitative estimate of drug-likeness (QED) is 0.585. The van der Waals surface area contributed by atoms with Crippen LogP contribution in [-0.2, 0) is 13.0 Å².